The SMILES string of the molecule is CC(OCCCNS(=O)(=O)c1ccc(Cl)nc1)c1ccccc1. The highest BCUT2D eigenvalue weighted by atomic mass is 35.5. The fourth-order valence-electron chi connectivity index (χ4n) is 1.96. The van der Waals surface area contributed by atoms with Gasteiger partial charge in [-0.15, -0.1) is 0 Å². The highest BCUT2D eigenvalue weighted by molar-refractivity contribution is 7.89. The minimum Gasteiger partial charge on any atom is -0.374 e. The number of nitrogens with zero attached hydrogens (tertiary/aromatic N) is 1. The smallest absolute Gasteiger partial charge is 0.242 e. The molecule has 0 aliphatic carbocycles. The number of aromatic nitrogens is 1. The van der Waals surface area contributed by atoms with Crippen LogP contribution in [0.1, 0.15) is 25.0 Å². The zero-order valence-electron chi connectivity index (χ0n) is 12.8. The number of hydrogen-bond donors (Lipinski definition) is 1. The topological polar surface area (TPSA) is 68.3 Å². The Balaban J connectivity index is 1.74. The summed E-state index contributed by atoms with van der Waals surface area (Å²) in [7, 11) is -3.56. The van der Waals surface area contributed by atoms with E-state index in [0.29, 0.717) is 19.6 Å². The van der Waals surface area contributed by atoms with E-state index in [1.54, 1.807) is 0 Å². The van der Waals surface area contributed by atoms with Crippen LogP contribution in [-0.4, -0.2) is 26.6 Å². The van der Waals surface area contributed by atoms with E-state index in [0.717, 1.165) is 5.56 Å². The van der Waals surface area contributed by atoms with Crippen molar-refractivity contribution in [2.75, 3.05) is 13.2 Å². The quantitative estimate of drug-likeness (QED) is 0.584. The van der Waals surface area contributed by atoms with Crippen LogP contribution in [-0.2, 0) is 14.8 Å². The summed E-state index contributed by atoms with van der Waals surface area (Å²) < 4.78 is 32.3. The Kier molecular flexibility index (Phi) is 6.53. The van der Waals surface area contributed by atoms with Gasteiger partial charge >= 0.3 is 0 Å². The second kappa shape index (κ2) is 8.40. The van der Waals surface area contributed by atoms with Crippen LogP contribution in [0.25, 0.3) is 0 Å². The first-order valence-electron chi connectivity index (χ1n) is 7.27. The molecule has 124 valence electrons. The molecule has 2 aromatic rings. The highest BCUT2D eigenvalue weighted by Crippen LogP contribution is 2.16. The molecule has 0 spiro atoms. The molecule has 23 heavy (non-hydrogen) atoms. The van der Waals surface area contributed by atoms with Crippen LogP contribution >= 0.6 is 11.6 Å². The average molecular weight is 355 g/mol. The van der Waals surface area contributed by atoms with Crippen molar-refractivity contribution < 1.29 is 13.2 Å². The van der Waals surface area contributed by atoms with Crippen molar-refractivity contribution in [1.82, 2.24) is 9.71 Å². The van der Waals surface area contributed by atoms with Gasteiger partial charge in [0.1, 0.15) is 10.0 Å². The van der Waals surface area contributed by atoms with Gasteiger partial charge in [0.2, 0.25) is 10.0 Å². The molecule has 1 heterocycles. The van der Waals surface area contributed by atoms with E-state index in [1.165, 1.54) is 18.3 Å². The molecule has 0 saturated carbocycles. The van der Waals surface area contributed by atoms with Gasteiger partial charge in [0.25, 0.3) is 0 Å². The van der Waals surface area contributed by atoms with Crippen molar-refractivity contribution in [3.63, 3.8) is 0 Å². The maximum atomic E-state index is 12.0. The minimum absolute atomic E-state index is 0.0201. The van der Waals surface area contributed by atoms with Gasteiger partial charge < -0.3 is 4.74 Å². The van der Waals surface area contributed by atoms with Crippen LogP contribution in [0.4, 0.5) is 0 Å². The third-order valence-corrected chi connectivity index (χ3v) is 4.93. The van der Waals surface area contributed by atoms with Gasteiger partial charge in [-0.05, 0) is 31.0 Å². The van der Waals surface area contributed by atoms with Crippen LogP contribution in [0.2, 0.25) is 5.15 Å². The van der Waals surface area contributed by atoms with Crippen molar-refractivity contribution >= 4 is 21.6 Å². The van der Waals surface area contributed by atoms with Gasteiger partial charge in [-0.25, -0.2) is 18.1 Å². The lowest BCUT2D eigenvalue weighted by atomic mass is 10.1. The third kappa shape index (κ3) is 5.58. The molecule has 1 unspecified atom stereocenters. The van der Waals surface area contributed by atoms with Gasteiger partial charge in [0.05, 0.1) is 6.10 Å². The first-order chi connectivity index (χ1) is 11.0. The summed E-state index contributed by atoms with van der Waals surface area (Å²) in [5, 5.41) is 0.257. The Morgan fingerprint density at radius 3 is 2.61 bits per heavy atom. The second-order valence-corrected chi connectivity index (χ2v) is 7.15. The summed E-state index contributed by atoms with van der Waals surface area (Å²) in [5.41, 5.74) is 1.10. The van der Waals surface area contributed by atoms with E-state index >= 15 is 0 Å². The molecule has 0 saturated heterocycles. The fraction of sp³-hybridized carbons (Fsp3) is 0.312. The Morgan fingerprint density at radius 1 is 1.22 bits per heavy atom. The van der Waals surface area contributed by atoms with E-state index in [2.05, 4.69) is 9.71 Å². The number of sulfonamides is 1. The molecular weight excluding hydrogens is 336 g/mol. The maximum Gasteiger partial charge on any atom is 0.242 e. The van der Waals surface area contributed by atoms with Crippen molar-refractivity contribution in [3.05, 3.63) is 59.4 Å². The zero-order chi connectivity index (χ0) is 16.7. The normalized spacial score (nSPS) is 13.0. The molecule has 0 radical (unpaired) electrons. The number of hydrogen-bond acceptors (Lipinski definition) is 4. The molecule has 0 aliphatic rings. The molecule has 5 nitrogen and oxygen atoms in total. The first kappa shape index (κ1) is 17.9. The second-order valence-electron chi connectivity index (χ2n) is 4.99. The van der Waals surface area contributed by atoms with Crippen LogP contribution < -0.4 is 4.72 Å². The molecule has 2 rings (SSSR count). The molecule has 0 fully saturated rings. The molecule has 0 bridgehead atoms. The molecule has 7 heteroatoms. The number of rotatable bonds is 8. The van der Waals surface area contributed by atoms with Crippen molar-refractivity contribution in [2.24, 2.45) is 0 Å². The summed E-state index contributed by atoms with van der Waals surface area (Å²) in [4.78, 5) is 3.87. The Hall–Kier alpha value is -1.47. The molecule has 1 aromatic carbocycles. The van der Waals surface area contributed by atoms with E-state index in [9.17, 15) is 8.42 Å². The van der Waals surface area contributed by atoms with Crippen LogP contribution in [0.3, 0.4) is 0 Å². The number of ether oxygens (including phenoxy) is 1. The van der Waals surface area contributed by atoms with Gasteiger partial charge in [-0.2, -0.15) is 0 Å². The zero-order valence-corrected chi connectivity index (χ0v) is 14.3. The summed E-state index contributed by atoms with van der Waals surface area (Å²) in [5.74, 6) is 0. The summed E-state index contributed by atoms with van der Waals surface area (Å²) in [6.07, 6.45) is 1.80. The van der Waals surface area contributed by atoms with Crippen LogP contribution in [0, 0.1) is 0 Å². The summed E-state index contributed by atoms with van der Waals surface area (Å²) in [6.45, 7) is 2.74. The van der Waals surface area contributed by atoms with Gasteiger partial charge in [-0.1, -0.05) is 41.9 Å². The number of nitrogens with one attached hydrogen (secondary N) is 1. The fourth-order valence-corrected chi connectivity index (χ4v) is 3.09. The lowest BCUT2D eigenvalue weighted by Gasteiger charge is -2.13. The maximum absolute atomic E-state index is 12.0. The van der Waals surface area contributed by atoms with E-state index < -0.39 is 10.0 Å². The van der Waals surface area contributed by atoms with E-state index in [1.807, 2.05) is 37.3 Å². The number of pyridine rings is 1. The van der Waals surface area contributed by atoms with Crippen molar-refractivity contribution in [3.8, 4) is 0 Å². The standard InChI is InChI=1S/C16H19ClN2O3S/c1-13(14-6-3-2-4-7-14)22-11-5-10-19-23(20,21)15-8-9-16(17)18-12-15/h2-4,6-9,12-13,19H,5,10-11H2,1H3. The van der Waals surface area contributed by atoms with Crippen LogP contribution in [0.5, 0.6) is 0 Å². The van der Waals surface area contributed by atoms with Gasteiger partial charge in [0.15, 0.2) is 0 Å². The van der Waals surface area contributed by atoms with Crippen molar-refractivity contribution in [1.29, 1.82) is 0 Å². The van der Waals surface area contributed by atoms with E-state index in [4.69, 9.17) is 16.3 Å². The average Bonchev–Trinajstić information content (AvgIpc) is 2.55. The molecule has 0 aliphatic heterocycles. The number of benzene rings is 1. The largest absolute Gasteiger partial charge is 0.374 e. The van der Waals surface area contributed by atoms with Gasteiger partial charge in [0, 0.05) is 19.3 Å². The summed E-state index contributed by atoms with van der Waals surface area (Å²) >= 11 is 5.64. The predicted octanol–water partition coefficient (Wildman–Crippen LogP) is 3.18. The molecular formula is C16H19ClN2O3S. The predicted molar refractivity (Wildman–Crippen MR) is 89.9 cm³/mol. The lowest BCUT2D eigenvalue weighted by Crippen LogP contribution is -2.25. The monoisotopic (exact) mass is 354 g/mol. The lowest BCUT2D eigenvalue weighted by molar-refractivity contribution is 0.0647. The Labute approximate surface area is 141 Å². The Bertz CT molecular complexity index is 706. The van der Waals surface area contributed by atoms with Crippen LogP contribution in [0.15, 0.2) is 53.6 Å². The third-order valence-electron chi connectivity index (χ3n) is 3.26. The van der Waals surface area contributed by atoms with Gasteiger partial charge in [-0.3, -0.25) is 0 Å². The van der Waals surface area contributed by atoms with Crippen molar-refractivity contribution in [2.45, 2.75) is 24.3 Å². The number of halogens is 1. The molecule has 1 aromatic heterocycles. The molecule has 1 atom stereocenters. The first-order valence-corrected chi connectivity index (χ1v) is 9.13. The molecule has 0 amide bonds. The minimum atomic E-state index is -3.56. The van der Waals surface area contributed by atoms with E-state index in [-0.39, 0.29) is 16.2 Å². The molecule has 1 N–H and O–H groups in total. The summed E-state index contributed by atoms with van der Waals surface area (Å²) in [6, 6.07) is 12.7. The Morgan fingerprint density at radius 2 is 1.96 bits per heavy atom. The highest BCUT2D eigenvalue weighted by Gasteiger charge is 2.13.